The summed E-state index contributed by atoms with van der Waals surface area (Å²) in [6.07, 6.45) is 5.40. The number of hydrogen-bond acceptors (Lipinski definition) is 3. The standard InChI is InChI=1S/C14H19ClN2OS.ClH/c1-19-11-4-5-13(15)12(9-11)14(18)17-8-6-10-3-2-7-16-10;/h4-5,9-10,16H,2-3,6-8H2,1H3,(H,17,18);1H/t10-;/m1./s1. The van der Waals surface area contributed by atoms with Gasteiger partial charge >= 0.3 is 0 Å². The fraction of sp³-hybridized carbons (Fsp3) is 0.500. The largest absolute Gasteiger partial charge is 0.352 e. The molecule has 20 heavy (non-hydrogen) atoms. The molecule has 1 aliphatic rings. The van der Waals surface area contributed by atoms with Crippen LogP contribution in [0, 0.1) is 0 Å². The maximum Gasteiger partial charge on any atom is 0.252 e. The molecule has 1 aromatic carbocycles. The van der Waals surface area contributed by atoms with Crippen molar-refractivity contribution >= 4 is 41.7 Å². The molecule has 0 spiro atoms. The van der Waals surface area contributed by atoms with Crippen LogP contribution in [-0.2, 0) is 0 Å². The van der Waals surface area contributed by atoms with E-state index in [1.54, 1.807) is 17.8 Å². The van der Waals surface area contributed by atoms with E-state index in [1.165, 1.54) is 12.8 Å². The summed E-state index contributed by atoms with van der Waals surface area (Å²) >= 11 is 7.68. The monoisotopic (exact) mass is 334 g/mol. The van der Waals surface area contributed by atoms with Crippen LogP contribution in [0.1, 0.15) is 29.6 Å². The average Bonchev–Trinajstić information content (AvgIpc) is 2.92. The average molecular weight is 335 g/mol. The fourth-order valence-corrected chi connectivity index (χ4v) is 2.91. The number of hydrogen-bond donors (Lipinski definition) is 2. The minimum Gasteiger partial charge on any atom is -0.352 e. The third-order valence-electron chi connectivity index (χ3n) is 3.36. The minimum atomic E-state index is -0.0844. The molecular formula is C14H20Cl2N2OS. The second kappa shape index (κ2) is 8.78. The van der Waals surface area contributed by atoms with Gasteiger partial charge in [-0.3, -0.25) is 4.79 Å². The molecule has 0 unspecified atom stereocenters. The quantitative estimate of drug-likeness (QED) is 0.811. The van der Waals surface area contributed by atoms with E-state index in [0.29, 0.717) is 23.2 Å². The first-order valence-electron chi connectivity index (χ1n) is 6.56. The molecule has 112 valence electrons. The van der Waals surface area contributed by atoms with Gasteiger partial charge in [0.15, 0.2) is 0 Å². The zero-order valence-electron chi connectivity index (χ0n) is 11.4. The second-order valence-electron chi connectivity index (χ2n) is 4.68. The summed E-state index contributed by atoms with van der Waals surface area (Å²) in [7, 11) is 0. The van der Waals surface area contributed by atoms with Crippen LogP contribution in [0.25, 0.3) is 0 Å². The van der Waals surface area contributed by atoms with Crippen LogP contribution in [0.5, 0.6) is 0 Å². The summed E-state index contributed by atoms with van der Waals surface area (Å²) in [5.41, 5.74) is 0.563. The number of rotatable bonds is 5. The first kappa shape index (κ1) is 17.6. The molecule has 6 heteroatoms. The lowest BCUT2D eigenvalue weighted by Gasteiger charge is -2.11. The van der Waals surface area contributed by atoms with Gasteiger partial charge in [0.25, 0.3) is 5.91 Å². The molecule has 0 radical (unpaired) electrons. The van der Waals surface area contributed by atoms with E-state index in [4.69, 9.17) is 11.6 Å². The van der Waals surface area contributed by atoms with Gasteiger partial charge in [-0.2, -0.15) is 0 Å². The summed E-state index contributed by atoms with van der Waals surface area (Å²) in [5, 5.41) is 6.87. The Morgan fingerprint density at radius 1 is 1.55 bits per heavy atom. The van der Waals surface area contributed by atoms with Crippen molar-refractivity contribution in [3.63, 3.8) is 0 Å². The molecule has 1 amide bonds. The Kier molecular flexibility index (Phi) is 7.74. The number of nitrogens with one attached hydrogen (secondary N) is 2. The molecule has 1 atom stereocenters. The molecular weight excluding hydrogens is 315 g/mol. The number of carbonyl (C=O) groups is 1. The Morgan fingerprint density at radius 2 is 2.35 bits per heavy atom. The maximum absolute atomic E-state index is 12.1. The van der Waals surface area contributed by atoms with E-state index >= 15 is 0 Å². The van der Waals surface area contributed by atoms with Gasteiger partial charge in [-0.1, -0.05) is 11.6 Å². The maximum atomic E-state index is 12.1. The number of halogens is 2. The van der Waals surface area contributed by atoms with Gasteiger partial charge in [-0.15, -0.1) is 24.2 Å². The summed E-state index contributed by atoms with van der Waals surface area (Å²) in [5.74, 6) is -0.0844. The van der Waals surface area contributed by atoms with Crippen LogP contribution in [-0.4, -0.2) is 31.3 Å². The summed E-state index contributed by atoms with van der Waals surface area (Å²) in [6.45, 7) is 1.79. The number of thioether (sulfide) groups is 1. The molecule has 2 N–H and O–H groups in total. The van der Waals surface area contributed by atoms with E-state index in [1.807, 2.05) is 18.4 Å². The van der Waals surface area contributed by atoms with Gasteiger partial charge in [-0.25, -0.2) is 0 Å². The van der Waals surface area contributed by atoms with Crippen LogP contribution >= 0.6 is 35.8 Å². The van der Waals surface area contributed by atoms with Crippen molar-refractivity contribution < 1.29 is 4.79 Å². The van der Waals surface area contributed by atoms with Crippen molar-refractivity contribution in [1.29, 1.82) is 0 Å². The zero-order valence-corrected chi connectivity index (χ0v) is 13.8. The molecule has 0 saturated carbocycles. The van der Waals surface area contributed by atoms with Crippen LogP contribution in [0.4, 0.5) is 0 Å². The lowest BCUT2D eigenvalue weighted by molar-refractivity contribution is 0.0952. The topological polar surface area (TPSA) is 41.1 Å². The smallest absolute Gasteiger partial charge is 0.252 e. The van der Waals surface area contributed by atoms with Crippen LogP contribution in [0.15, 0.2) is 23.1 Å². The van der Waals surface area contributed by atoms with Gasteiger partial charge in [0.1, 0.15) is 0 Å². The van der Waals surface area contributed by atoms with E-state index in [0.717, 1.165) is 17.9 Å². The van der Waals surface area contributed by atoms with Gasteiger partial charge in [0.05, 0.1) is 10.6 Å². The Hall–Kier alpha value is -0.420. The first-order valence-corrected chi connectivity index (χ1v) is 8.16. The minimum absolute atomic E-state index is 0. The Morgan fingerprint density at radius 3 is 3.00 bits per heavy atom. The highest BCUT2D eigenvalue weighted by molar-refractivity contribution is 7.98. The normalized spacial score (nSPS) is 17.6. The molecule has 1 saturated heterocycles. The van der Waals surface area contributed by atoms with Gasteiger partial charge in [-0.05, 0) is 50.3 Å². The zero-order chi connectivity index (χ0) is 13.7. The number of amides is 1. The van der Waals surface area contributed by atoms with E-state index in [2.05, 4.69) is 10.6 Å². The second-order valence-corrected chi connectivity index (χ2v) is 5.97. The Balaban J connectivity index is 0.00000200. The van der Waals surface area contributed by atoms with Crippen molar-refractivity contribution in [2.45, 2.75) is 30.2 Å². The number of benzene rings is 1. The van der Waals surface area contributed by atoms with Crippen LogP contribution in [0.2, 0.25) is 5.02 Å². The molecule has 0 bridgehead atoms. The molecule has 1 fully saturated rings. The van der Waals surface area contributed by atoms with Gasteiger partial charge in [0, 0.05) is 17.5 Å². The highest BCUT2D eigenvalue weighted by Gasteiger charge is 2.15. The van der Waals surface area contributed by atoms with Crippen LogP contribution in [0.3, 0.4) is 0 Å². The lowest BCUT2D eigenvalue weighted by Crippen LogP contribution is -2.30. The lowest BCUT2D eigenvalue weighted by atomic mass is 10.1. The van der Waals surface area contributed by atoms with Gasteiger partial charge in [0.2, 0.25) is 0 Å². The van der Waals surface area contributed by atoms with Crippen molar-refractivity contribution in [3.05, 3.63) is 28.8 Å². The molecule has 0 aliphatic carbocycles. The third kappa shape index (κ3) is 4.85. The van der Waals surface area contributed by atoms with Crippen LogP contribution < -0.4 is 10.6 Å². The highest BCUT2D eigenvalue weighted by Crippen LogP contribution is 2.22. The molecule has 2 rings (SSSR count). The predicted molar refractivity (Wildman–Crippen MR) is 88.5 cm³/mol. The SMILES string of the molecule is CSc1ccc(Cl)c(C(=O)NCC[C@H]2CCCN2)c1.Cl. The molecule has 0 aromatic heterocycles. The molecule has 1 aromatic rings. The van der Waals surface area contributed by atoms with E-state index in [-0.39, 0.29) is 18.3 Å². The molecule has 1 heterocycles. The molecule has 3 nitrogen and oxygen atoms in total. The summed E-state index contributed by atoms with van der Waals surface area (Å²) < 4.78 is 0. The van der Waals surface area contributed by atoms with E-state index < -0.39 is 0 Å². The number of carbonyl (C=O) groups excluding carboxylic acids is 1. The third-order valence-corrected chi connectivity index (χ3v) is 4.41. The van der Waals surface area contributed by atoms with Crippen molar-refractivity contribution in [3.8, 4) is 0 Å². The van der Waals surface area contributed by atoms with E-state index in [9.17, 15) is 4.79 Å². The summed E-state index contributed by atoms with van der Waals surface area (Å²) in [4.78, 5) is 13.1. The Bertz CT molecular complexity index is 451. The van der Waals surface area contributed by atoms with Gasteiger partial charge < -0.3 is 10.6 Å². The molecule has 1 aliphatic heterocycles. The van der Waals surface area contributed by atoms with Crippen molar-refractivity contribution in [2.75, 3.05) is 19.3 Å². The summed E-state index contributed by atoms with van der Waals surface area (Å²) in [6, 6.07) is 6.09. The van der Waals surface area contributed by atoms with Crippen molar-refractivity contribution in [2.24, 2.45) is 0 Å². The first-order chi connectivity index (χ1) is 9.20. The fourth-order valence-electron chi connectivity index (χ4n) is 2.26. The Labute approximate surface area is 135 Å². The van der Waals surface area contributed by atoms with Crippen molar-refractivity contribution in [1.82, 2.24) is 10.6 Å². The predicted octanol–water partition coefficient (Wildman–Crippen LogP) is 3.36. The highest BCUT2D eigenvalue weighted by atomic mass is 35.5.